The maximum atomic E-state index is 11.5. The molecule has 0 radical (unpaired) electrons. The van der Waals surface area contributed by atoms with E-state index in [1.807, 2.05) is 36.4 Å². The van der Waals surface area contributed by atoms with Gasteiger partial charge in [-0.2, -0.15) is 0 Å². The highest BCUT2D eigenvalue weighted by molar-refractivity contribution is 5.93. The number of fused-ring (bicyclic) bond motifs is 3. The van der Waals surface area contributed by atoms with Crippen LogP contribution in [0.2, 0.25) is 0 Å². The number of hydrogen-bond donors (Lipinski definition) is 1. The number of amides is 1. The van der Waals surface area contributed by atoms with Crippen LogP contribution in [0.1, 0.15) is 23.5 Å². The minimum Gasteiger partial charge on any atom is -0.464 e. The van der Waals surface area contributed by atoms with Gasteiger partial charge in [0.1, 0.15) is 13.0 Å². The van der Waals surface area contributed by atoms with Gasteiger partial charge in [0.25, 0.3) is 0 Å². The fraction of sp³-hybridized carbons (Fsp3) is 0.176. The zero-order chi connectivity index (χ0) is 14.8. The van der Waals surface area contributed by atoms with E-state index in [1.165, 1.54) is 11.1 Å². The molecule has 4 heteroatoms. The predicted octanol–water partition coefficient (Wildman–Crippen LogP) is 2.22. The zero-order valence-corrected chi connectivity index (χ0v) is 11.4. The molecule has 0 saturated carbocycles. The van der Waals surface area contributed by atoms with Gasteiger partial charge in [-0.3, -0.25) is 9.59 Å². The lowest BCUT2D eigenvalue weighted by Crippen LogP contribution is -2.20. The van der Waals surface area contributed by atoms with Gasteiger partial charge >= 0.3 is 5.97 Å². The third-order valence-corrected chi connectivity index (χ3v) is 3.69. The van der Waals surface area contributed by atoms with Crippen molar-refractivity contribution in [3.8, 4) is 11.1 Å². The first kappa shape index (κ1) is 13.4. The molecule has 0 aliphatic heterocycles. The van der Waals surface area contributed by atoms with Gasteiger partial charge in [-0.25, -0.2) is 0 Å². The number of ether oxygens (including phenoxy) is 1. The maximum absolute atomic E-state index is 11.5. The number of benzene rings is 2. The average molecular weight is 281 g/mol. The van der Waals surface area contributed by atoms with Gasteiger partial charge in [0.15, 0.2) is 0 Å². The quantitative estimate of drug-likeness (QED) is 0.690. The van der Waals surface area contributed by atoms with Crippen molar-refractivity contribution >= 4 is 11.9 Å². The molecule has 21 heavy (non-hydrogen) atoms. The Hall–Kier alpha value is -2.62. The molecule has 3 rings (SSSR count). The minimum atomic E-state index is -0.674. The Kier molecular flexibility index (Phi) is 3.44. The van der Waals surface area contributed by atoms with Crippen molar-refractivity contribution in [1.29, 1.82) is 0 Å². The molecule has 0 spiro atoms. The summed E-state index contributed by atoms with van der Waals surface area (Å²) >= 11 is 0. The van der Waals surface area contributed by atoms with Crippen LogP contribution >= 0.6 is 0 Å². The van der Waals surface area contributed by atoms with Crippen LogP contribution in [0.5, 0.6) is 0 Å². The number of carbonyl (C=O) groups is 2. The van der Waals surface area contributed by atoms with Gasteiger partial charge in [-0.05, 0) is 22.3 Å². The largest absolute Gasteiger partial charge is 0.464 e. The lowest BCUT2D eigenvalue weighted by molar-refractivity contribution is -0.146. The van der Waals surface area contributed by atoms with Crippen LogP contribution < -0.4 is 5.73 Å². The Morgan fingerprint density at radius 2 is 1.48 bits per heavy atom. The van der Waals surface area contributed by atoms with E-state index in [2.05, 4.69) is 12.1 Å². The van der Waals surface area contributed by atoms with Crippen molar-refractivity contribution in [3.05, 3.63) is 59.7 Å². The summed E-state index contributed by atoms with van der Waals surface area (Å²) in [5.41, 5.74) is 9.62. The third-order valence-electron chi connectivity index (χ3n) is 3.69. The number of primary amides is 1. The monoisotopic (exact) mass is 281 g/mol. The fourth-order valence-electron chi connectivity index (χ4n) is 2.81. The van der Waals surface area contributed by atoms with E-state index in [0.717, 1.165) is 11.1 Å². The highest BCUT2D eigenvalue weighted by atomic mass is 16.5. The summed E-state index contributed by atoms with van der Waals surface area (Å²) in [6.45, 7) is 0.222. The molecule has 1 aliphatic rings. The maximum Gasteiger partial charge on any atom is 0.315 e. The minimum absolute atomic E-state index is 0.00854. The first-order valence-electron chi connectivity index (χ1n) is 6.79. The summed E-state index contributed by atoms with van der Waals surface area (Å²) in [5.74, 6) is -1.24. The Balaban J connectivity index is 1.85. The van der Waals surface area contributed by atoms with Gasteiger partial charge in [0.2, 0.25) is 5.91 Å². The molecule has 0 saturated heterocycles. The molecular formula is C17H15NO3. The van der Waals surface area contributed by atoms with E-state index in [1.54, 1.807) is 0 Å². The predicted molar refractivity (Wildman–Crippen MR) is 78.5 cm³/mol. The first-order chi connectivity index (χ1) is 10.2. The van der Waals surface area contributed by atoms with Gasteiger partial charge < -0.3 is 10.5 Å². The number of nitrogens with two attached hydrogens (primary N) is 1. The first-order valence-corrected chi connectivity index (χ1v) is 6.79. The van der Waals surface area contributed by atoms with Crippen LogP contribution in [0.25, 0.3) is 11.1 Å². The standard InChI is InChI=1S/C17H15NO3/c18-16(19)9-17(20)21-10-15-13-7-3-1-5-11(13)12-6-2-4-8-14(12)15/h1-8,15H,9-10H2,(H2,18,19). The summed E-state index contributed by atoms with van der Waals surface area (Å²) < 4.78 is 5.21. The van der Waals surface area contributed by atoms with E-state index in [-0.39, 0.29) is 18.9 Å². The second kappa shape index (κ2) is 5.40. The van der Waals surface area contributed by atoms with E-state index < -0.39 is 11.9 Å². The lowest BCUT2D eigenvalue weighted by Gasteiger charge is -2.13. The van der Waals surface area contributed by atoms with Crippen LogP contribution in [0.3, 0.4) is 0 Å². The van der Waals surface area contributed by atoms with Gasteiger partial charge in [0, 0.05) is 5.92 Å². The fourth-order valence-corrected chi connectivity index (χ4v) is 2.81. The molecule has 1 amide bonds. The third kappa shape index (κ3) is 2.52. The van der Waals surface area contributed by atoms with Gasteiger partial charge in [0.05, 0.1) is 0 Å². The molecule has 2 aromatic rings. The molecule has 1 aliphatic carbocycles. The Morgan fingerprint density at radius 1 is 0.952 bits per heavy atom. The number of esters is 1. The molecular weight excluding hydrogens is 266 g/mol. The van der Waals surface area contributed by atoms with Crippen LogP contribution in [0.4, 0.5) is 0 Å². The molecule has 0 bridgehead atoms. The number of rotatable bonds is 4. The molecule has 0 unspecified atom stereocenters. The Bertz CT molecular complexity index is 663. The van der Waals surface area contributed by atoms with Crippen molar-refractivity contribution < 1.29 is 14.3 Å². The average Bonchev–Trinajstić information content (AvgIpc) is 2.79. The van der Waals surface area contributed by atoms with Crippen molar-refractivity contribution in [2.45, 2.75) is 12.3 Å². The van der Waals surface area contributed by atoms with Crippen LogP contribution in [-0.4, -0.2) is 18.5 Å². The van der Waals surface area contributed by atoms with Gasteiger partial charge in [-0.1, -0.05) is 48.5 Å². The summed E-state index contributed by atoms with van der Waals surface area (Å²) in [5, 5.41) is 0. The Morgan fingerprint density at radius 3 is 2.00 bits per heavy atom. The van der Waals surface area contributed by atoms with Crippen LogP contribution in [0, 0.1) is 0 Å². The summed E-state index contributed by atoms with van der Waals surface area (Å²) in [7, 11) is 0. The lowest BCUT2D eigenvalue weighted by atomic mass is 9.98. The molecule has 0 aromatic heterocycles. The molecule has 2 N–H and O–H groups in total. The second-order valence-corrected chi connectivity index (χ2v) is 5.05. The van der Waals surface area contributed by atoms with Gasteiger partial charge in [-0.15, -0.1) is 0 Å². The van der Waals surface area contributed by atoms with E-state index in [9.17, 15) is 9.59 Å². The van der Waals surface area contributed by atoms with Crippen LogP contribution in [0.15, 0.2) is 48.5 Å². The molecule has 4 nitrogen and oxygen atoms in total. The summed E-state index contributed by atoms with van der Waals surface area (Å²) in [4.78, 5) is 22.2. The van der Waals surface area contributed by atoms with Crippen molar-refractivity contribution in [3.63, 3.8) is 0 Å². The number of hydrogen-bond acceptors (Lipinski definition) is 3. The highest BCUT2D eigenvalue weighted by Gasteiger charge is 2.28. The smallest absolute Gasteiger partial charge is 0.315 e. The van der Waals surface area contributed by atoms with E-state index in [0.29, 0.717) is 0 Å². The van der Waals surface area contributed by atoms with Crippen molar-refractivity contribution in [2.24, 2.45) is 5.73 Å². The normalized spacial score (nSPS) is 12.6. The second-order valence-electron chi connectivity index (χ2n) is 5.05. The SMILES string of the molecule is NC(=O)CC(=O)OCC1c2ccccc2-c2ccccc21. The van der Waals surface area contributed by atoms with Crippen molar-refractivity contribution in [2.75, 3.05) is 6.61 Å². The van der Waals surface area contributed by atoms with Crippen LogP contribution in [-0.2, 0) is 14.3 Å². The van der Waals surface area contributed by atoms with E-state index >= 15 is 0 Å². The number of carbonyl (C=O) groups excluding carboxylic acids is 2. The molecule has 106 valence electrons. The highest BCUT2D eigenvalue weighted by Crippen LogP contribution is 2.44. The van der Waals surface area contributed by atoms with Crippen molar-refractivity contribution in [1.82, 2.24) is 0 Å². The zero-order valence-electron chi connectivity index (χ0n) is 11.4. The molecule has 0 heterocycles. The molecule has 0 fully saturated rings. The topological polar surface area (TPSA) is 69.4 Å². The summed E-state index contributed by atoms with van der Waals surface area (Å²) in [6.07, 6.45) is -0.379. The Labute approximate surface area is 122 Å². The summed E-state index contributed by atoms with van der Waals surface area (Å²) in [6, 6.07) is 16.2. The van der Waals surface area contributed by atoms with E-state index in [4.69, 9.17) is 10.5 Å². The molecule has 0 atom stereocenters. The molecule has 2 aromatic carbocycles.